The number of nitrogens with zero attached hydrogens (tertiary/aromatic N) is 1. The molecule has 0 spiro atoms. The van der Waals surface area contributed by atoms with Gasteiger partial charge < -0.3 is 10.2 Å². The maximum Gasteiger partial charge on any atom is 0.192 e. The summed E-state index contributed by atoms with van der Waals surface area (Å²) in [6, 6.07) is 6.25. The number of rotatable bonds is 4. The Morgan fingerprint density at radius 1 is 1.20 bits per heavy atom. The second kappa shape index (κ2) is 5.51. The van der Waals surface area contributed by atoms with Gasteiger partial charge in [-0.2, -0.15) is 0 Å². The number of nitrogen functional groups attached to an aromatic ring is 1. The van der Waals surface area contributed by atoms with E-state index >= 15 is 0 Å². The molecule has 0 saturated heterocycles. The molecule has 1 aliphatic heterocycles. The Morgan fingerprint density at radius 2 is 1.85 bits per heavy atom. The number of nitrogens with two attached hydrogens (primary N) is 1. The maximum atomic E-state index is 6.25. The molecule has 0 aliphatic carbocycles. The predicted octanol–water partition coefficient (Wildman–Crippen LogP) is 3.61. The normalized spacial score (nSPS) is 16.4. The molecule has 1 aliphatic rings. The zero-order valence-electron chi connectivity index (χ0n) is 13.5. The number of fused-ring (bicyclic) bond motifs is 1. The van der Waals surface area contributed by atoms with Crippen molar-refractivity contribution in [1.82, 2.24) is 4.90 Å². The Hall–Kier alpha value is -0.843. The lowest BCUT2D eigenvalue weighted by molar-refractivity contribution is 0.200. The van der Waals surface area contributed by atoms with Crippen LogP contribution in [0.1, 0.15) is 31.9 Å². The maximum absolute atomic E-state index is 6.25. The summed E-state index contributed by atoms with van der Waals surface area (Å²) in [5.41, 5.74) is 9.49. The van der Waals surface area contributed by atoms with Crippen LogP contribution in [0.15, 0.2) is 18.2 Å². The Balaban J connectivity index is 1.83. The van der Waals surface area contributed by atoms with Gasteiger partial charge in [-0.25, -0.2) is 0 Å². The monoisotopic (exact) mass is 292 g/mol. The van der Waals surface area contributed by atoms with Gasteiger partial charge in [0, 0.05) is 31.9 Å². The smallest absolute Gasteiger partial charge is 0.192 e. The summed E-state index contributed by atoms with van der Waals surface area (Å²) in [5, 5.41) is 0.287. The minimum absolute atomic E-state index is 0.287. The molecule has 0 fully saturated rings. The van der Waals surface area contributed by atoms with Crippen molar-refractivity contribution >= 4 is 14.0 Å². The number of hydrogen-bond donors (Lipinski definition) is 1. The molecule has 1 aromatic rings. The molecule has 0 saturated carbocycles. The van der Waals surface area contributed by atoms with E-state index in [1.54, 1.807) is 0 Å². The third-order valence-electron chi connectivity index (χ3n) is 4.69. The van der Waals surface area contributed by atoms with Crippen LogP contribution in [0.4, 0.5) is 5.69 Å². The molecule has 0 bridgehead atoms. The summed E-state index contributed by atoms with van der Waals surface area (Å²) >= 11 is 0. The van der Waals surface area contributed by atoms with E-state index in [1.165, 1.54) is 11.1 Å². The fourth-order valence-electron chi connectivity index (χ4n) is 2.29. The van der Waals surface area contributed by atoms with E-state index in [2.05, 4.69) is 50.9 Å². The molecular formula is C16H28N2OSi. The van der Waals surface area contributed by atoms with Gasteiger partial charge in [-0.05, 0) is 41.4 Å². The molecule has 3 nitrogen and oxygen atoms in total. The fraction of sp³-hybridized carbons (Fsp3) is 0.625. The molecule has 0 amide bonds. The largest absolute Gasteiger partial charge is 0.416 e. The average molecular weight is 292 g/mol. The molecule has 0 atom stereocenters. The van der Waals surface area contributed by atoms with E-state index in [-0.39, 0.29) is 5.04 Å². The van der Waals surface area contributed by atoms with Crippen LogP contribution in [0, 0.1) is 0 Å². The summed E-state index contributed by atoms with van der Waals surface area (Å²) < 4.78 is 6.25. The highest BCUT2D eigenvalue weighted by atomic mass is 28.4. The van der Waals surface area contributed by atoms with Gasteiger partial charge in [-0.15, -0.1) is 0 Å². The highest BCUT2D eigenvalue weighted by molar-refractivity contribution is 6.74. The minimum Gasteiger partial charge on any atom is -0.416 e. The van der Waals surface area contributed by atoms with E-state index in [0.29, 0.717) is 0 Å². The number of hydrogen-bond acceptors (Lipinski definition) is 3. The number of anilines is 1. The second-order valence-corrected chi connectivity index (χ2v) is 12.2. The van der Waals surface area contributed by atoms with Crippen molar-refractivity contribution in [2.45, 2.75) is 52.0 Å². The summed E-state index contributed by atoms with van der Waals surface area (Å²) in [7, 11) is -1.61. The van der Waals surface area contributed by atoms with Crippen LogP contribution >= 0.6 is 0 Å². The van der Waals surface area contributed by atoms with Crippen LogP contribution in [0.2, 0.25) is 18.1 Å². The van der Waals surface area contributed by atoms with Gasteiger partial charge in [-0.3, -0.25) is 4.90 Å². The van der Waals surface area contributed by atoms with E-state index in [9.17, 15) is 0 Å². The molecule has 1 aromatic carbocycles. The van der Waals surface area contributed by atoms with Gasteiger partial charge in [0.1, 0.15) is 0 Å². The van der Waals surface area contributed by atoms with Crippen molar-refractivity contribution in [3.63, 3.8) is 0 Å². The van der Waals surface area contributed by atoms with Gasteiger partial charge in [0.25, 0.3) is 0 Å². The van der Waals surface area contributed by atoms with Crippen molar-refractivity contribution in [1.29, 1.82) is 0 Å². The van der Waals surface area contributed by atoms with Gasteiger partial charge in [0.2, 0.25) is 0 Å². The molecule has 0 aromatic heterocycles. The van der Waals surface area contributed by atoms with E-state index in [1.807, 2.05) is 6.07 Å². The highest BCUT2D eigenvalue weighted by Crippen LogP contribution is 2.36. The van der Waals surface area contributed by atoms with E-state index < -0.39 is 8.32 Å². The Morgan fingerprint density at radius 3 is 2.50 bits per heavy atom. The molecule has 1 heterocycles. The lowest BCUT2D eigenvalue weighted by Crippen LogP contribution is -2.42. The van der Waals surface area contributed by atoms with Crippen LogP contribution in [0.5, 0.6) is 0 Å². The summed E-state index contributed by atoms with van der Waals surface area (Å²) in [6.07, 6.45) is 0. The third kappa shape index (κ3) is 3.43. The van der Waals surface area contributed by atoms with Gasteiger partial charge >= 0.3 is 0 Å². The lowest BCUT2D eigenvalue weighted by Gasteiger charge is -2.36. The third-order valence-corrected chi connectivity index (χ3v) is 9.23. The first-order valence-electron chi connectivity index (χ1n) is 7.43. The first-order valence-corrected chi connectivity index (χ1v) is 10.3. The molecule has 0 radical (unpaired) electrons. The van der Waals surface area contributed by atoms with Crippen LogP contribution in [-0.2, 0) is 17.5 Å². The topological polar surface area (TPSA) is 38.5 Å². The zero-order chi connectivity index (χ0) is 15.0. The Bertz CT molecular complexity index is 480. The molecular weight excluding hydrogens is 264 g/mol. The highest BCUT2D eigenvalue weighted by Gasteiger charge is 2.37. The molecule has 112 valence electrons. The van der Waals surface area contributed by atoms with Crippen molar-refractivity contribution in [2.24, 2.45) is 0 Å². The average Bonchev–Trinajstić information content (AvgIpc) is 2.68. The van der Waals surface area contributed by atoms with E-state index in [0.717, 1.165) is 31.9 Å². The van der Waals surface area contributed by atoms with Crippen molar-refractivity contribution < 1.29 is 4.43 Å². The van der Waals surface area contributed by atoms with Crippen LogP contribution in [0.3, 0.4) is 0 Å². The standard InChI is InChI=1S/C16H28N2OSi/c1-16(2,3)20(4,5)19-9-8-18-11-13-6-7-15(17)10-14(13)12-18/h6-7,10H,8-9,11-12,17H2,1-5H3. The summed E-state index contributed by atoms with van der Waals surface area (Å²) in [6.45, 7) is 15.3. The van der Waals surface area contributed by atoms with E-state index in [4.69, 9.17) is 10.2 Å². The molecule has 2 rings (SSSR count). The second-order valence-electron chi connectivity index (χ2n) is 7.35. The predicted molar refractivity (Wildman–Crippen MR) is 88.1 cm³/mol. The van der Waals surface area contributed by atoms with Crippen molar-refractivity contribution in [3.8, 4) is 0 Å². The molecule has 4 heteroatoms. The fourth-order valence-corrected chi connectivity index (χ4v) is 3.32. The molecule has 2 N–H and O–H groups in total. The van der Waals surface area contributed by atoms with Crippen LogP contribution in [0.25, 0.3) is 0 Å². The van der Waals surface area contributed by atoms with Crippen molar-refractivity contribution in [2.75, 3.05) is 18.9 Å². The Kier molecular flexibility index (Phi) is 4.28. The van der Waals surface area contributed by atoms with Crippen molar-refractivity contribution in [3.05, 3.63) is 29.3 Å². The Labute approximate surface area is 124 Å². The van der Waals surface area contributed by atoms with Gasteiger partial charge in [0.15, 0.2) is 8.32 Å². The lowest BCUT2D eigenvalue weighted by atomic mass is 10.1. The van der Waals surface area contributed by atoms with Gasteiger partial charge in [-0.1, -0.05) is 26.8 Å². The minimum atomic E-state index is -1.61. The summed E-state index contributed by atoms with van der Waals surface area (Å²) in [5.74, 6) is 0. The summed E-state index contributed by atoms with van der Waals surface area (Å²) in [4.78, 5) is 2.44. The first-order chi connectivity index (χ1) is 9.19. The zero-order valence-corrected chi connectivity index (χ0v) is 14.5. The molecule has 20 heavy (non-hydrogen) atoms. The first kappa shape index (κ1) is 15.5. The quantitative estimate of drug-likeness (QED) is 0.680. The van der Waals surface area contributed by atoms with Crippen LogP contribution in [-0.4, -0.2) is 26.4 Å². The number of benzene rings is 1. The van der Waals surface area contributed by atoms with Crippen LogP contribution < -0.4 is 5.73 Å². The molecule has 0 unspecified atom stereocenters. The van der Waals surface area contributed by atoms with Gasteiger partial charge in [0.05, 0.1) is 0 Å². The SMILES string of the molecule is CC(C)(C)[Si](C)(C)OCCN1Cc2ccc(N)cc2C1.